The molecule has 2 heterocycles. The summed E-state index contributed by atoms with van der Waals surface area (Å²) in [5.74, 6) is -0.993. The van der Waals surface area contributed by atoms with E-state index in [4.69, 9.17) is 15.2 Å². The second kappa shape index (κ2) is 10.8. The van der Waals surface area contributed by atoms with Crippen molar-refractivity contribution in [3.8, 4) is 0 Å². The number of nitrogens with one attached hydrogen (secondary N) is 1. The Morgan fingerprint density at radius 2 is 1.94 bits per heavy atom. The van der Waals surface area contributed by atoms with Crippen molar-refractivity contribution in [3.05, 3.63) is 41.5 Å². The lowest BCUT2D eigenvalue weighted by atomic mass is 9.97. The maximum Gasteiger partial charge on any atom is 0.410 e. The molecule has 8 nitrogen and oxygen atoms in total. The number of nitrogens with zero attached hydrogens (tertiary/aromatic N) is 1. The van der Waals surface area contributed by atoms with Gasteiger partial charge in [0, 0.05) is 13.0 Å². The summed E-state index contributed by atoms with van der Waals surface area (Å²) in [6.45, 7) is 7.14. The van der Waals surface area contributed by atoms with Gasteiger partial charge in [-0.1, -0.05) is 30.3 Å². The quantitative estimate of drug-likeness (QED) is 0.682. The standard InChI is InChI=1S/C25H35N3O5/c1-25(2,3)33-24(31)28-13-5-4-6-21(28)23(30)27-20(22(26)29)16-17-7-9-18(10-8-17)19-11-14-32-15-12-19/h7-11,20-21H,4-6,12-16H2,1-3H3,(H2,26,29)(H,27,30)/t20?,21-/m0/s1. The number of ether oxygens (including phenoxy) is 2. The van der Waals surface area contributed by atoms with E-state index in [2.05, 4.69) is 11.4 Å². The van der Waals surface area contributed by atoms with Gasteiger partial charge in [-0.15, -0.1) is 0 Å². The summed E-state index contributed by atoms with van der Waals surface area (Å²) in [5, 5.41) is 2.77. The lowest BCUT2D eigenvalue weighted by Crippen LogP contribution is -2.56. The molecule has 3 N–H and O–H groups in total. The molecule has 1 fully saturated rings. The predicted molar refractivity (Wildman–Crippen MR) is 125 cm³/mol. The Morgan fingerprint density at radius 3 is 2.55 bits per heavy atom. The number of hydrogen-bond donors (Lipinski definition) is 2. The number of nitrogens with two attached hydrogens (primary N) is 1. The van der Waals surface area contributed by atoms with E-state index in [1.54, 1.807) is 20.8 Å². The van der Waals surface area contributed by atoms with Gasteiger partial charge < -0.3 is 20.5 Å². The Bertz CT molecular complexity index is 888. The molecule has 1 aromatic carbocycles. The first-order chi connectivity index (χ1) is 15.6. The van der Waals surface area contributed by atoms with Crippen LogP contribution in [0.4, 0.5) is 4.79 Å². The molecule has 0 saturated carbocycles. The summed E-state index contributed by atoms with van der Waals surface area (Å²) in [6.07, 6.45) is 4.85. The average molecular weight is 458 g/mol. The maximum atomic E-state index is 13.1. The van der Waals surface area contributed by atoms with Crippen LogP contribution in [0.15, 0.2) is 30.3 Å². The van der Waals surface area contributed by atoms with Crippen LogP contribution in [0.2, 0.25) is 0 Å². The molecule has 2 atom stereocenters. The summed E-state index contributed by atoms with van der Waals surface area (Å²) < 4.78 is 10.8. The zero-order chi connectivity index (χ0) is 24.0. The van der Waals surface area contributed by atoms with Gasteiger partial charge in [0.2, 0.25) is 11.8 Å². The molecule has 3 amide bonds. The fourth-order valence-corrected chi connectivity index (χ4v) is 4.11. The van der Waals surface area contributed by atoms with Crippen molar-refractivity contribution < 1.29 is 23.9 Å². The van der Waals surface area contributed by atoms with E-state index in [9.17, 15) is 14.4 Å². The van der Waals surface area contributed by atoms with Crippen LogP contribution in [0, 0.1) is 0 Å². The second-order valence-electron chi connectivity index (χ2n) is 9.60. The molecule has 1 unspecified atom stereocenters. The van der Waals surface area contributed by atoms with Crippen LogP contribution < -0.4 is 11.1 Å². The summed E-state index contributed by atoms with van der Waals surface area (Å²) in [5.41, 5.74) is 8.21. The molecule has 180 valence electrons. The highest BCUT2D eigenvalue weighted by Crippen LogP contribution is 2.23. The number of hydrogen-bond acceptors (Lipinski definition) is 5. The van der Waals surface area contributed by atoms with Crippen LogP contribution in [0.25, 0.3) is 5.57 Å². The Hall–Kier alpha value is -2.87. The Labute approximate surface area is 195 Å². The second-order valence-corrected chi connectivity index (χ2v) is 9.60. The minimum atomic E-state index is -0.868. The van der Waals surface area contributed by atoms with Crippen molar-refractivity contribution in [2.75, 3.05) is 19.8 Å². The number of likely N-dealkylation sites (tertiary alicyclic amines) is 1. The Kier molecular flexibility index (Phi) is 8.13. The lowest BCUT2D eigenvalue weighted by molar-refractivity contribution is -0.131. The van der Waals surface area contributed by atoms with E-state index in [-0.39, 0.29) is 12.3 Å². The third kappa shape index (κ3) is 7.05. The molecule has 0 aromatic heterocycles. The minimum absolute atomic E-state index is 0.280. The zero-order valence-electron chi connectivity index (χ0n) is 19.8. The molecular weight excluding hydrogens is 422 g/mol. The molecule has 2 aliphatic heterocycles. The number of piperidine rings is 1. The molecule has 0 radical (unpaired) electrons. The highest BCUT2D eigenvalue weighted by molar-refractivity contribution is 5.91. The molecule has 33 heavy (non-hydrogen) atoms. The number of rotatable bonds is 6. The molecule has 2 aliphatic rings. The molecular formula is C25H35N3O5. The summed E-state index contributed by atoms with van der Waals surface area (Å²) in [6, 6.07) is 6.37. The first-order valence-electron chi connectivity index (χ1n) is 11.6. The van der Waals surface area contributed by atoms with Crippen molar-refractivity contribution in [1.82, 2.24) is 10.2 Å². The largest absolute Gasteiger partial charge is 0.444 e. The number of carbonyl (C=O) groups is 3. The molecule has 1 aromatic rings. The van der Waals surface area contributed by atoms with E-state index in [0.29, 0.717) is 26.2 Å². The third-order valence-corrected chi connectivity index (χ3v) is 5.82. The molecule has 0 spiro atoms. The number of amides is 3. The van der Waals surface area contributed by atoms with E-state index < -0.39 is 29.7 Å². The van der Waals surface area contributed by atoms with Crippen LogP contribution in [0.5, 0.6) is 0 Å². The molecule has 8 heteroatoms. The predicted octanol–water partition coefficient (Wildman–Crippen LogP) is 2.79. The highest BCUT2D eigenvalue weighted by Gasteiger charge is 2.36. The van der Waals surface area contributed by atoms with Crippen LogP contribution in [-0.4, -0.2) is 60.3 Å². The summed E-state index contributed by atoms with van der Waals surface area (Å²) in [4.78, 5) is 39.3. The average Bonchev–Trinajstić information content (AvgIpc) is 2.78. The topological polar surface area (TPSA) is 111 Å². The smallest absolute Gasteiger partial charge is 0.410 e. The Balaban J connectivity index is 1.65. The van der Waals surface area contributed by atoms with Gasteiger partial charge in [0.15, 0.2) is 0 Å². The molecule has 0 aliphatic carbocycles. The molecule has 0 bridgehead atoms. The van der Waals surface area contributed by atoms with E-state index >= 15 is 0 Å². The van der Waals surface area contributed by atoms with Crippen molar-refractivity contribution >= 4 is 23.5 Å². The van der Waals surface area contributed by atoms with E-state index in [1.807, 2.05) is 24.3 Å². The summed E-state index contributed by atoms with van der Waals surface area (Å²) >= 11 is 0. The monoisotopic (exact) mass is 457 g/mol. The van der Waals surface area contributed by atoms with Gasteiger partial charge in [-0.25, -0.2) is 4.79 Å². The zero-order valence-corrected chi connectivity index (χ0v) is 19.8. The highest BCUT2D eigenvalue weighted by atomic mass is 16.6. The third-order valence-electron chi connectivity index (χ3n) is 5.82. The molecule has 3 rings (SSSR count). The number of benzene rings is 1. The van der Waals surface area contributed by atoms with Gasteiger partial charge in [-0.2, -0.15) is 0 Å². The lowest BCUT2D eigenvalue weighted by Gasteiger charge is -2.36. The first kappa shape index (κ1) is 24.8. The first-order valence-corrected chi connectivity index (χ1v) is 11.6. The van der Waals surface area contributed by atoms with E-state index in [1.165, 1.54) is 10.5 Å². The van der Waals surface area contributed by atoms with Gasteiger partial charge in [-0.05, 0) is 63.2 Å². The number of carbonyl (C=O) groups excluding carboxylic acids is 3. The van der Waals surface area contributed by atoms with Gasteiger partial charge in [0.25, 0.3) is 0 Å². The fourth-order valence-electron chi connectivity index (χ4n) is 4.11. The van der Waals surface area contributed by atoms with Crippen LogP contribution in [-0.2, 0) is 25.5 Å². The SMILES string of the molecule is CC(C)(C)OC(=O)N1CCCC[C@H]1C(=O)NC(Cc1ccc(C2=CCOCC2)cc1)C(N)=O. The normalized spacial score (nSPS) is 19.9. The van der Waals surface area contributed by atoms with Crippen LogP contribution in [0.1, 0.15) is 57.6 Å². The molecule has 1 saturated heterocycles. The summed E-state index contributed by atoms with van der Waals surface area (Å²) in [7, 11) is 0. The van der Waals surface area contributed by atoms with Crippen molar-refractivity contribution in [2.45, 2.75) is 70.6 Å². The van der Waals surface area contributed by atoms with E-state index in [0.717, 1.165) is 30.4 Å². The van der Waals surface area contributed by atoms with Crippen molar-refractivity contribution in [1.29, 1.82) is 0 Å². The van der Waals surface area contributed by atoms with Gasteiger partial charge in [0.1, 0.15) is 17.7 Å². The van der Waals surface area contributed by atoms with Crippen LogP contribution >= 0.6 is 0 Å². The fraction of sp³-hybridized carbons (Fsp3) is 0.560. The van der Waals surface area contributed by atoms with Gasteiger partial charge in [0.05, 0.1) is 13.2 Å². The minimum Gasteiger partial charge on any atom is -0.444 e. The maximum absolute atomic E-state index is 13.1. The van der Waals surface area contributed by atoms with Crippen molar-refractivity contribution in [3.63, 3.8) is 0 Å². The van der Waals surface area contributed by atoms with Gasteiger partial charge in [-0.3, -0.25) is 14.5 Å². The van der Waals surface area contributed by atoms with Crippen molar-refractivity contribution in [2.24, 2.45) is 5.73 Å². The number of primary amides is 1. The van der Waals surface area contributed by atoms with Crippen LogP contribution in [0.3, 0.4) is 0 Å². The Morgan fingerprint density at radius 1 is 1.21 bits per heavy atom. The van der Waals surface area contributed by atoms with Gasteiger partial charge >= 0.3 is 6.09 Å².